The Labute approximate surface area is 112 Å². The van der Waals surface area contributed by atoms with E-state index in [1.807, 2.05) is 0 Å². The standard InChI is InChI=1S/C14H28As2/c1-5-9-15(10-6-2)13-14-16(11-7-3)12-8-4/h5-12H2,1-4H3. The molecule has 0 fully saturated rings. The van der Waals surface area contributed by atoms with E-state index in [1.165, 1.54) is 46.5 Å². The van der Waals surface area contributed by atoms with Crippen LogP contribution in [0.1, 0.15) is 53.4 Å². The third-order valence-electron chi connectivity index (χ3n) is 2.34. The third-order valence-corrected chi connectivity index (χ3v) is 13.3. The summed E-state index contributed by atoms with van der Waals surface area (Å²) in [7, 11) is 0. The molecule has 0 heterocycles. The topological polar surface area (TPSA) is 0 Å². The zero-order valence-electron chi connectivity index (χ0n) is 11.6. The summed E-state index contributed by atoms with van der Waals surface area (Å²) >= 11 is -1.47. The van der Waals surface area contributed by atoms with E-state index in [4.69, 9.17) is 0 Å². The van der Waals surface area contributed by atoms with Crippen molar-refractivity contribution in [2.75, 3.05) is 0 Å². The van der Waals surface area contributed by atoms with E-state index in [0.29, 0.717) is 0 Å². The van der Waals surface area contributed by atoms with Crippen LogP contribution >= 0.6 is 0 Å². The van der Waals surface area contributed by atoms with E-state index >= 15 is 0 Å². The second kappa shape index (κ2) is 12.1. The van der Waals surface area contributed by atoms with Gasteiger partial charge in [-0.05, 0) is 0 Å². The maximum absolute atomic E-state index is 3.75. The van der Waals surface area contributed by atoms with Crippen LogP contribution in [0.3, 0.4) is 0 Å². The zero-order chi connectivity index (χ0) is 12.2. The van der Waals surface area contributed by atoms with Crippen molar-refractivity contribution in [1.29, 1.82) is 0 Å². The molecule has 0 rings (SSSR count). The van der Waals surface area contributed by atoms with Crippen molar-refractivity contribution in [2.45, 2.75) is 74.2 Å². The van der Waals surface area contributed by atoms with Gasteiger partial charge in [-0.2, -0.15) is 0 Å². The van der Waals surface area contributed by atoms with Gasteiger partial charge in [0, 0.05) is 0 Å². The average molecular weight is 346 g/mol. The fraction of sp³-hybridized carbons (Fsp3) is 0.857. The molecule has 0 aliphatic carbocycles. The van der Waals surface area contributed by atoms with Gasteiger partial charge in [-0.1, -0.05) is 0 Å². The second-order valence-corrected chi connectivity index (χ2v) is 13.4. The molecule has 0 bridgehead atoms. The van der Waals surface area contributed by atoms with E-state index in [1.54, 1.807) is 0 Å². The molecule has 0 N–H and O–H groups in total. The van der Waals surface area contributed by atoms with E-state index in [0.717, 1.165) is 0 Å². The van der Waals surface area contributed by atoms with E-state index in [2.05, 4.69) is 37.1 Å². The summed E-state index contributed by atoms with van der Waals surface area (Å²) in [5, 5.41) is 5.81. The van der Waals surface area contributed by atoms with Gasteiger partial charge in [0.25, 0.3) is 0 Å². The first kappa shape index (κ1) is 16.7. The Morgan fingerprint density at radius 2 is 0.812 bits per heavy atom. The van der Waals surface area contributed by atoms with Gasteiger partial charge in [-0.15, -0.1) is 0 Å². The molecule has 0 aromatic heterocycles. The fourth-order valence-electron chi connectivity index (χ4n) is 1.67. The predicted molar refractivity (Wildman–Crippen MR) is 79.7 cm³/mol. The maximum atomic E-state index is 3.75. The van der Waals surface area contributed by atoms with Crippen molar-refractivity contribution in [3.63, 3.8) is 0 Å². The van der Waals surface area contributed by atoms with Gasteiger partial charge >= 0.3 is 113 Å². The molecule has 0 atom stereocenters. The van der Waals surface area contributed by atoms with Crippen LogP contribution < -0.4 is 0 Å². The molecule has 0 amide bonds. The van der Waals surface area contributed by atoms with Crippen LogP contribution in [0.25, 0.3) is 0 Å². The minimum absolute atomic E-state index is 0.733. The van der Waals surface area contributed by atoms with Crippen LogP contribution in [0.15, 0.2) is 0 Å². The average Bonchev–Trinajstić information content (AvgIpc) is 2.27. The molecule has 0 saturated carbocycles. The number of hydrogen-bond acceptors (Lipinski definition) is 0. The minimum atomic E-state index is -0.733. The summed E-state index contributed by atoms with van der Waals surface area (Å²) in [5.41, 5.74) is 0. The Morgan fingerprint density at radius 3 is 1.00 bits per heavy atom. The van der Waals surface area contributed by atoms with E-state index in [-0.39, 0.29) is 0 Å². The summed E-state index contributed by atoms with van der Waals surface area (Å²) in [6.07, 6.45) is 5.40. The third kappa shape index (κ3) is 8.79. The molecule has 0 radical (unpaired) electrons. The van der Waals surface area contributed by atoms with Crippen LogP contribution in [0.5, 0.6) is 0 Å². The first-order valence-corrected chi connectivity index (χ1v) is 14.0. The molecule has 94 valence electrons. The van der Waals surface area contributed by atoms with Gasteiger partial charge in [-0.3, -0.25) is 0 Å². The number of hydrogen-bond donors (Lipinski definition) is 0. The zero-order valence-corrected chi connectivity index (χ0v) is 15.3. The van der Waals surface area contributed by atoms with Crippen molar-refractivity contribution in [3.8, 4) is 9.42 Å². The predicted octanol–water partition coefficient (Wildman–Crippen LogP) is 4.70. The Hall–Kier alpha value is 0.677. The van der Waals surface area contributed by atoms with Gasteiger partial charge in [0.15, 0.2) is 0 Å². The van der Waals surface area contributed by atoms with Gasteiger partial charge < -0.3 is 0 Å². The second-order valence-electron chi connectivity index (χ2n) is 4.20. The van der Waals surface area contributed by atoms with Crippen LogP contribution in [0.2, 0.25) is 20.8 Å². The van der Waals surface area contributed by atoms with Crippen LogP contribution in [0, 0.1) is 9.42 Å². The molecule has 0 spiro atoms. The normalized spacial score (nSPS) is 10.6. The van der Waals surface area contributed by atoms with Gasteiger partial charge in [0.05, 0.1) is 0 Å². The summed E-state index contributed by atoms with van der Waals surface area (Å²) in [6, 6.07) is 0. The number of rotatable bonds is 8. The van der Waals surface area contributed by atoms with Crippen molar-refractivity contribution in [2.24, 2.45) is 0 Å². The first-order chi connectivity index (χ1) is 7.78. The SMILES string of the molecule is CCC[As](C#C[As](CCC)CCC)CCC. The summed E-state index contributed by atoms with van der Waals surface area (Å²) < 4.78 is 7.50. The Kier molecular flexibility index (Phi) is 12.7. The molecule has 0 aliphatic heterocycles. The Balaban J connectivity index is 4.22. The summed E-state index contributed by atoms with van der Waals surface area (Å²) in [6.45, 7) is 9.25. The Morgan fingerprint density at radius 1 is 0.562 bits per heavy atom. The van der Waals surface area contributed by atoms with Crippen molar-refractivity contribution < 1.29 is 0 Å². The van der Waals surface area contributed by atoms with Crippen LogP contribution in [-0.4, -0.2) is 29.3 Å². The molecule has 16 heavy (non-hydrogen) atoms. The van der Waals surface area contributed by atoms with Crippen LogP contribution in [0.4, 0.5) is 0 Å². The Bertz CT molecular complexity index is 171. The van der Waals surface area contributed by atoms with Crippen molar-refractivity contribution in [3.05, 3.63) is 0 Å². The molecule has 0 aliphatic rings. The summed E-state index contributed by atoms with van der Waals surface area (Å²) in [5.74, 6) is 0. The molecule has 0 aromatic rings. The molecule has 0 unspecified atom stereocenters. The monoisotopic (exact) mass is 346 g/mol. The van der Waals surface area contributed by atoms with Crippen LogP contribution in [-0.2, 0) is 0 Å². The van der Waals surface area contributed by atoms with E-state index < -0.39 is 29.3 Å². The molecule has 0 nitrogen and oxygen atoms in total. The molecular weight excluding hydrogens is 318 g/mol. The molecule has 2 heteroatoms. The van der Waals surface area contributed by atoms with Gasteiger partial charge in [0.1, 0.15) is 0 Å². The molecule has 0 saturated heterocycles. The van der Waals surface area contributed by atoms with Crippen molar-refractivity contribution in [1.82, 2.24) is 0 Å². The molecule has 0 aromatic carbocycles. The van der Waals surface area contributed by atoms with Gasteiger partial charge in [-0.25, -0.2) is 0 Å². The van der Waals surface area contributed by atoms with E-state index in [9.17, 15) is 0 Å². The quantitative estimate of drug-likeness (QED) is 0.442. The first-order valence-electron chi connectivity index (χ1n) is 6.79. The van der Waals surface area contributed by atoms with Gasteiger partial charge in [0.2, 0.25) is 0 Å². The summed E-state index contributed by atoms with van der Waals surface area (Å²) in [4.78, 5) is 0. The molecular formula is C14H28As2. The fourth-order valence-corrected chi connectivity index (χ4v) is 11.8. The van der Waals surface area contributed by atoms with Crippen molar-refractivity contribution >= 4 is 29.3 Å².